The van der Waals surface area contributed by atoms with Gasteiger partial charge >= 0.3 is 0 Å². The average Bonchev–Trinajstić information content (AvgIpc) is 2.76. The fraction of sp³-hybridized carbons (Fsp3) is 0.519. The van der Waals surface area contributed by atoms with E-state index in [0.717, 1.165) is 12.8 Å². The van der Waals surface area contributed by atoms with Gasteiger partial charge in [-0.25, -0.2) is 0 Å². The van der Waals surface area contributed by atoms with Gasteiger partial charge < -0.3 is 34.3 Å². The summed E-state index contributed by atoms with van der Waals surface area (Å²) in [5, 5.41) is 31.3. The Labute approximate surface area is 205 Å². The molecule has 0 saturated heterocycles. The lowest BCUT2D eigenvalue weighted by atomic mass is 9.85. The number of carbonyl (C=O) groups excluding carboxylic acids is 1. The van der Waals surface area contributed by atoms with Crippen LogP contribution < -0.4 is 18.9 Å². The molecule has 0 aliphatic carbocycles. The molecule has 2 aliphatic rings. The minimum atomic E-state index is -0.734. The van der Waals surface area contributed by atoms with Crippen molar-refractivity contribution in [1.29, 1.82) is 0 Å². The van der Waals surface area contributed by atoms with E-state index >= 15 is 0 Å². The number of aromatic hydroxyl groups is 2. The van der Waals surface area contributed by atoms with Crippen molar-refractivity contribution in [2.75, 3.05) is 14.2 Å². The first-order valence-electron chi connectivity index (χ1n) is 11.9. The molecule has 2 aromatic rings. The third kappa shape index (κ3) is 4.98. The number of hydrogen-bond acceptors (Lipinski definition) is 8. The SMILES string of the molecule is COc1cc([C@@H]2CC(=O)c3c(cc4c(c3O)CC[C@@](C)(CCCC(C)(C)O)O4)O2)cc(O)c1OC. The Kier molecular flexibility index (Phi) is 6.53. The van der Waals surface area contributed by atoms with Crippen LogP contribution in [0.1, 0.15) is 80.5 Å². The third-order valence-electron chi connectivity index (χ3n) is 6.86. The molecule has 35 heavy (non-hydrogen) atoms. The van der Waals surface area contributed by atoms with Crippen molar-refractivity contribution in [2.45, 2.75) is 76.6 Å². The van der Waals surface area contributed by atoms with Crippen LogP contribution in [-0.4, -0.2) is 46.5 Å². The van der Waals surface area contributed by atoms with E-state index in [9.17, 15) is 20.1 Å². The van der Waals surface area contributed by atoms with E-state index in [1.807, 2.05) is 6.92 Å². The molecule has 0 spiro atoms. The van der Waals surface area contributed by atoms with Crippen LogP contribution in [0.5, 0.6) is 34.5 Å². The van der Waals surface area contributed by atoms with Crippen molar-refractivity contribution < 1.29 is 39.1 Å². The van der Waals surface area contributed by atoms with Gasteiger partial charge in [-0.05, 0) is 65.0 Å². The second-order valence-electron chi connectivity index (χ2n) is 10.3. The molecule has 4 rings (SSSR count). The van der Waals surface area contributed by atoms with Crippen LogP contribution in [0, 0.1) is 0 Å². The van der Waals surface area contributed by atoms with Gasteiger partial charge in [-0.2, -0.15) is 0 Å². The lowest BCUT2D eigenvalue weighted by Gasteiger charge is -2.38. The number of aliphatic hydroxyl groups is 1. The van der Waals surface area contributed by atoms with Crippen LogP contribution in [0.2, 0.25) is 0 Å². The van der Waals surface area contributed by atoms with E-state index < -0.39 is 17.3 Å². The van der Waals surface area contributed by atoms with E-state index in [1.54, 1.807) is 26.0 Å². The van der Waals surface area contributed by atoms with Gasteiger partial charge in [-0.15, -0.1) is 0 Å². The summed E-state index contributed by atoms with van der Waals surface area (Å²) in [6, 6.07) is 4.83. The molecular formula is C27H34O8. The van der Waals surface area contributed by atoms with Crippen molar-refractivity contribution in [3.05, 3.63) is 34.9 Å². The van der Waals surface area contributed by atoms with Crippen LogP contribution in [0.25, 0.3) is 0 Å². The molecule has 0 amide bonds. The van der Waals surface area contributed by atoms with Crippen molar-refractivity contribution in [3.63, 3.8) is 0 Å². The smallest absolute Gasteiger partial charge is 0.203 e. The largest absolute Gasteiger partial charge is 0.507 e. The van der Waals surface area contributed by atoms with E-state index in [-0.39, 0.29) is 40.8 Å². The van der Waals surface area contributed by atoms with E-state index in [0.29, 0.717) is 41.9 Å². The van der Waals surface area contributed by atoms with Gasteiger partial charge in [0.15, 0.2) is 17.3 Å². The fourth-order valence-electron chi connectivity index (χ4n) is 4.94. The summed E-state index contributed by atoms with van der Waals surface area (Å²) in [4.78, 5) is 13.1. The number of carbonyl (C=O) groups is 1. The highest BCUT2D eigenvalue weighted by molar-refractivity contribution is 6.03. The summed E-state index contributed by atoms with van der Waals surface area (Å²) in [6.45, 7) is 5.61. The number of Topliss-reactive ketones (excluding diaryl/α,β-unsaturated/α-hetero) is 1. The maximum absolute atomic E-state index is 13.1. The van der Waals surface area contributed by atoms with Crippen LogP contribution in [-0.2, 0) is 6.42 Å². The Balaban J connectivity index is 1.62. The van der Waals surface area contributed by atoms with Crippen LogP contribution in [0.3, 0.4) is 0 Å². The summed E-state index contributed by atoms with van der Waals surface area (Å²) in [5.41, 5.74) is 0.143. The molecule has 2 atom stereocenters. The molecule has 8 nitrogen and oxygen atoms in total. The number of methoxy groups -OCH3 is 2. The zero-order chi connectivity index (χ0) is 25.5. The van der Waals surface area contributed by atoms with Gasteiger partial charge in [0.25, 0.3) is 0 Å². The maximum atomic E-state index is 13.1. The van der Waals surface area contributed by atoms with E-state index in [2.05, 4.69) is 0 Å². The zero-order valence-electron chi connectivity index (χ0n) is 20.9. The number of phenolic OH excluding ortho intramolecular Hbond substituents is 2. The second kappa shape index (κ2) is 9.15. The number of hydrogen-bond donors (Lipinski definition) is 3. The third-order valence-corrected chi connectivity index (χ3v) is 6.86. The normalized spacial score (nSPS) is 21.4. The monoisotopic (exact) mass is 486 g/mol. The van der Waals surface area contributed by atoms with Gasteiger partial charge in [-0.1, -0.05) is 0 Å². The summed E-state index contributed by atoms with van der Waals surface area (Å²) < 4.78 is 23.0. The topological polar surface area (TPSA) is 115 Å². The number of rotatable bonds is 7. The summed E-state index contributed by atoms with van der Waals surface area (Å²) >= 11 is 0. The molecule has 190 valence electrons. The molecule has 0 fully saturated rings. The quantitative estimate of drug-likeness (QED) is 0.509. The van der Waals surface area contributed by atoms with E-state index in [4.69, 9.17) is 18.9 Å². The molecule has 8 heteroatoms. The number of phenols is 2. The highest BCUT2D eigenvalue weighted by atomic mass is 16.5. The number of ketones is 1. The first kappa shape index (κ1) is 25.0. The number of fused-ring (bicyclic) bond motifs is 2. The van der Waals surface area contributed by atoms with Crippen LogP contribution in [0.15, 0.2) is 18.2 Å². The predicted octanol–water partition coefficient (Wildman–Crippen LogP) is 4.85. The fourth-order valence-corrected chi connectivity index (χ4v) is 4.94. The van der Waals surface area contributed by atoms with Gasteiger partial charge in [0, 0.05) is 17.2 Å². The Morgan fingerprint density at radius 1 is 1.14 bits per heavy atom. The lowest BCUT2D eigenvalue weighted by molar-refractivity contribution is 0.0328. The predicted molar refractivity (Wildman–Crippen MR) is 129 cm³/mol. The van der Waals surface area contributed by atoms with Crippen LogP contribution >= 0.6 is 0 Å². The molecule has 0 unspecified atom stereocenters. The highest BCUT2D eigenvalue weighted by Crippen LogP contribution is 2.50. The molecule has 2 aromatic carbocycles. The summed E-state index contributed by atoms with van der Waals surface area (Å²) in [5.74, 6) is 0.811. The van der Waals surface area contributed by atoms with Gasteiger partial charge in [0.1, 0.15) is 34.5 Å². The molecule has 0 bridgehead atoms. The van der Waals surface area contributed by atoms with Crippen molar-refractivity contribution >= 4 is 5.78 Å². The Morgan fingerprint density at radius 2 is 1.89 bits per heavy atom. The van der Waals surface area contributed by atoms with E-state index in [1.165, 1.54) is 20.3 Å². The minimum absolute atomic E-state index is 0.00376. The lowest BCUT2D eigenvalue weighted by Crippen LogP contribution is -2.37. The molecule has 0 aromatic heterocycles. The Bertz CT molecular complexity index is 1130. The molecule has 2 aliphatic heterocycles. The first-order chi connectivity index (χ1) is 16.4. The Morgan fingerprint density at radius 3 is 2.54 bits per heavy atom. The second-order valence-corrected chi connectivity index (χ2v) is 10.3. The molecule has 2 heterocycles. The number of ether oxygens (including phenoxy) is 4. The van der Waals surface area contributed by atoms with Crippen molar-refractivity contribution in [1.82, 2.24) is 0 Å². The molecule has 0 saturated carbocycles. The van der Waals surface area contributed by atoms with Gasteiger partial charge in [0.2, 0.25) is 5.75 Å². The van der Waals surface area contributed by atoms with Gasteiger partial charge in [-0.3, -0.25) is 4.79 Å². The minimum Gasteiger partial charge on any atom is -0.507 e. The number of benzene rings is 2. The standard InChI is InChI=1S/C27H34O8/c1-26(2,31)8-6-9-27(3)10-7-16-20(35-27)14-21-23(24(16)30)17(28)13-19(34-21)15-11-18(29)25(33-5)22(12-15)32-4/h11-12,14,19,29-31H,6-10,13H2,1-5H3/t19-,27+/m0/s1. The average molecular weight is 487 g/mol. The van der Waals surface area contributed by atoms with Crippen molar-refractivity contribution in [2.24, 2.45) is 0 Å². The van der Waals surface area contributed by atoms with Crippen molar-refractivity contribution in [3.8, 4) is 34.5 Å². The molecule has 0 radical (unpaired) electrons. The Hall–Kier alpha value is -3.13. The highest BCUT2D eigenvalue weighted by Gasteiger charge is 2.38. The first-order valence-corrected chi connectivity index (χ1v) is 11.9. The van der Waals surface area contributed by atoms with Gasteiger partial charge in [0.05, 0.1) is 26.2 Å². The summed E-state index contributed by atoms with van der Waals surface area (Å²) in [7, 11) is 2.89. The van der Waals surface area contributed by atoms with Crippen LogP contribution in [0.4, 0.5) is 0 Å². The molecule has 3 N–H and O–H groups in total. The zero-order valence-corrected chi connectivity index (χ0v) is 20.9. The molecular weight excluding hydrogens is 452 g/mol. The summed E-state index contributed by atoms with van der Waals surface area (Å²) in [6.07, 6.45) is 2.80. The maximum Gasteiger partial charge on any atom is 0.203 e.